The molecule has 10 heteroatoms. The Kier molecular flexibility index (Phi) is 6.72. The van der Waals surface area contributed by atoms with Gasteiger partial charge in [-0.3, -0.25) is 9.36 Å². The molecule has 0 atom stereocenters. The molecule has 0 spiro atoms. The molecule has 0 saturated carbocycles. The normalized spacial score (nSPS) is 11.4. The van der Waals surface area contributed by atoms with E-state index in [2.05, 4.69) is 10.1 Å². The highest BCUT2D eigenvalue weighted by molar-refractivity contribution is 7.98. The molecule has 35 heavy (non-hydrogen) atoms. The van der Waals surface area contributed by atoms with Crippen molar-refractivity contribution >= 4 is 34.4 Å². The highest BCUT2D eigenvalue weighted by Crippen LogP contribution is 2.30. The number of thioether (sulfide) groups is 1. The number of hydrogen-bond donors (Lipinski definition) is 0. The maximum absolute atomic E-state index is 13.5. The van der Waals surface area contributed by atoms with E-state index in [-0.39, 0.29) is 5.56 Å². The van der Waals surface area contributed by atoms with Gasteiger partial charge in [-0.1, -0.05) is 71.0 Å². The second-order valence-corrected chi connectivity index (χ2v) is 9.19. The minimum absolute atomic E-state index is 0.124. The van der Waals surface area contributed by atoms with Crippen LogP contribution in [0.4, 0.5) is 0 Å². The number of rotatable bonds is 8. The van der Waals surface area contributed by atoms with Crippen LogP contribution in [-0.4, -0.2) is 38.0 Å². The van der Waals surface area contributed by atoms with E-state index in [1.54, 1.807) is 17.7 Å². The number of aromatic nitrogens is 5. The zero-order valence-corrected chi connectivity index (χ0v) is 20.7. The van der Waals surface area contributed by atoms with Crippen LogP contribution in [0.15, 0.2) is 75.3 Å². The molecule has 2 aromatic carbocycles. The summed E-state index contributed by atoms with van der Waals surface area (Å²) >= 11 is 7.62. The molecule has 0 aliphatic rings. The Balaban J connectivity index is 1.52. The average molecular weight is 508 g/mol. The number of aryl methyl sites for hydroxylation is 1. The Bertz CT molecular complexity index is 1540. The SMILES string of the molecule is COCCn1c(SCc2nc(-c3ccccc3Cl)no2)nc2c(-c3ccccc3)cn(C)c2c1=O. The van der Waals surface area contributed by atoms with Crippen LogP contribution in [0.5, 0.6) is 0 Å². The van der Waals surface area contributed by atoms with E-state index in [0.29, 0.717) is 57.4 Å². The third-order valence-corrected chi connectivity index (χ3v) is 6.84. The molecule has 0 aliphatic heterocycles. The molecule has 8 nitrogen and oxygen atoms in total. The molecule has 5 aromatic rings. The van der Waals surface area contributed by atoms with E-state index in [1.807, 2.05) is 66.3 Å². The van der Waals surface area contributed by atoms with Gasteiger partial charge in [0.15, 0.2) is 5.16 Å². The lowest BCUT2D eigenvalue weighted by molar-refractivity contribution is 0.183. The van der Waals surface area contributed by atoms with Crippen molar-refractivity contribution in [2.24, 2.45) is 7.05 Å². The van der Waals surface area contributed by atoms with Crippen LogP contribution < -0.4 is 5.56 Å². The molecule has 3 aromatic heterocycles. The van der Waals surface area contributed by atoms with Crippen molar-refractivity contribution < 1.29 is 9.26 Å². The summed E-state index contributed by atoms with van der Waals surface area (Å²) in [5, 5.41) is 5.16. The quantitative estimate of drug-likeness (QED) is 0.214. The lowest BCUT2D eigenvalue weighted by atomic mass is 10.1. The fourth-order valence-corrected chi connectivity index (χ4v) is 4.94. The second-order valence-electron chi connectivity index (χ2n) is 7.84. The van der Waals surface area contributed by atoms with Gasteiger partial charge in [0.1, 0.15) is 11.0 Å². The number of nitrogens with zero attached hydrogens (tertiary/aromatic N) is 5. The number of ether oxygens (including phenoxy) is 1. The van der Waals surface area contributed by atoms with E-state index < -0.39 is 0 Å². The first-order chi connectivity index (χ1) is 17.1. The predicted molar refractivity (Wildman–Crippen MR) is 137 cm³/mol. The van der Waals surface area contributed by atoms with Crippen LogP contribution in [-0.2, 0) is 24.1 Å². The third kappa shape index (κ3) is 4.62. The van der Waals surface area contributed by atoms with Gasteiger partial charge in [0.2, 0.25) is 11.7 Å². The number of halogens is 1. The summed E-state index contributed by atoms with van der Waals surface area (Å²) in [4.78, 5) is 22.9. The molecule has 0 amide bonds. The van der Waals surface area contributed by atoms with Crippen LogP contribution in [0, 0.1) is 0 Å². The Hall–Kier alpha value is -3.40. The van der Waals surface area contributed by atoms with Gasteiger partial charge in [0.05, 0.1) is 23.9 Å². The standard InChI is InChI=1S/C25H22ClN5O3S/c1-30-14-18(16-8-4-3-5-9-16)21-22(30)24(32)31(12-13-33-2)25(28-21)35-15-20-27-23(29-34-20)17-10-6-7-11-19(17)26/h3-11,14H,12-13,15H2,1-2H3. The summed E-state index contributed by atoms with van der Waals surface area (Å²) in [7, 11) is 3.47. The van der Waals surface area contributed by atoms with Crippen LogP contribution >= 0.6 is 23.4 Å². The Morgan fingerprint density at radius 1 is 1.06 bits per heavy atom. The Morgan fingerprint density at radius 2 is 1.83 bits per heavy atom. The summed E-state index contributed by atoms with van der Waals surface area (Å²) in [5.74, 6) is 1.17. The van der Waals surface area contributed by atoms with E-state index >= 15 is 0 Å². The smallest absolute Gasteiger partial charge is 0.278 e. The number of hydrogen-bond acceptors (Lipinski definition) is 7. The van der Waals surface area contributed by atoms with E-state index in [1.165, 1.54) is 11.8 Å². The second kappa shape index (κ2) is 10.1. The largest absolute Gasteiger partial charge is 0.383 e. The van der Waals surface area contributed by atoms with Crippen molar-refractivity contribution in [3.8, 4) is 22.5 Å². The molecule has 178 valence electrons. The van der Waals surface area contributed by atoms with Crippen molar-refractivity contribution in [3.05, 3.63) is 82.1 Å². The average Bonchev–Trinajstić information content (AvgIpc) is 3.47. The monoisotopic (exact) mass is 507 g/mol. The summed E-state index contributed by atoms with van der Waals surface area (Å²) in [6.45, 7) is 0.759. The first kappa shape index (κ1) is 23.3. The fraction of sp³-hybridized carbons (Fsp3) is 0.200. The van der Waals surface area contributed by atoms with E-state index in [9.17, 15) is 4.79 Å². The first-order valence-electron chi connectivity index (χ1n) is 10.9. The molecule has 3 heterocycles. The van der Waals surface area contributed by atoms with Crippen molar-refractivity contribution in [1.82, 2.24) is 24.3 Å². The van der Waals surface area contributed by atoms with E-state index in [0.717, 1.165) is 11.1 Å². The molecule has 5 rings (SSSR count). The number of methoxy groups -OCH3 is 1. The van der Waals surface area contributed by atoms with Gasteiger partial charge in [-0.25, -0.2) is 4.98 Å². The van der Waals surface area contributed by atoms with Crippen LogP contribution in [0.25, 0.3) is 33.5 Å². The van der Waals surface area contributed by atoms with Gasteiger partial charge in [-0.15, -0.1) is 0 Å². The highest BCUT2D eigenvalue weighted by atomic mass is 35.5. The highest BCUT2D eigenvalue weighted by Gasteiger charge is 2.20. The molecule has 0 saturated heterocycles. The van der Waals surface area contributed by atoms with Crippen LogP contribution in [0.3, 0.4) is 0 Å². The van der Waals surface area contributed by atoms with Gasteiger partial charge in [0, 0.05) is 31.5 Å². The number of fused-ring (bicyclic) bond motifs is 1. The maximum Gasteiger partial charge on any atom is 0.278 e. The van der Waals surface area contributed by atoms with Crippen LogP contribution in [0.1, 0.15) is 5.89 Å². The maximum atomic E-state index is 13.5. The zero-order chi connectivity index (χ0) is 24.4. The first-order valence-corrected chi connectivity index (χ1v) is 12.3. The summed E-state index contributed by atoms with van der Waals surface area (Å²) < 4.78 is 14.2. The molecule has 0 bridgehead atoms. The Labute approximate surface area is 210 Å². The third-order valence-electron chi connectivity index (χ3n) is 5.55. The predicted octanol–water partition coefficient (Wildman–Crippen LogP) is 5.04. The molecule has 0 unspecified atom stereocenters. The molecule has 0 fully saturated rings. The summed E-state index contributed by atoms with van der Waals surface area (Å²) in [6.07, 6.45) is 1.94. The van der Waals surface area contributed by atoms with Gasteiger partial charge >= 0.3 is 0 Å². The van der Waals surface area contributed by atoms with Gasteiger partial charge in [-0.2, -0.15) is 4.98 Å². The van der Waals surface area contributed by atoms with Crippen molar-refractivity contribution in [2.45, 2.75) is 17.5 Å². The van der Waals surface area contributed by atoms with Crippen molar-refractivity contribution in [3.63, 3.8) is 0 Å². The minimum Gasteiger partial charge on any atom is -0.383 e. The van der Waals surface area contributed by atoms with Crippen LogP contribution in [0.2, 0.25) is 5.02 Å². The summed E-state index contributed by atoms with van der Waals surface area (Å²) in [5.41, 5.74) is 3.67. The van der Waals surface area contributed by atoms with Gasteiger partial charge in [0.25, 0.3) is 5.56 Å². The van der Waals surface area contributed by atoms with Crippen molar-refractivity contribution in [1.29, 1.82) is 0 Å². The molecule has 0 aliphatic carbocycles. The molecular weight excluding hydrogens is 486 g/mol. The lowest BCUT2D eigenvalue weighted by Gasteiger charge is -2.12. The molecule has 0 radical (unpaired) electrons. The van der Waals surface area contributed by atoms with E-state index in [4.69, 9.17) is 25.8 Å². The van der Waals surface area contributed by atoms with Crippen molar-refractivity contribution in [2.75, 3.05) is 13.7 Å². The summed E-state index contributed by atoms with van der Waals surface area (Å²) in [6, 6.07) is 17.2. The molecular formula is C25H22ClN5O3S. The topological polar surface area (TPSA) is 88.0 Å². The molecule has 0 N–H and O–H groups in total. The lowest BCUT2D eigenvalue weighted by Crippen LogP contribution is -2.26. The minimum atomic E-state index is -0.124. The zero-order valence-electron chi connectivity index (χ0n) is 19.1. The Morgan fingerprint density at radius 3 is 2.60 bits per heavy atom. The fourth-order valence-electron chi connectivity index (χ4n) is 3.86. The van der Waals surface area contributed by atoms with Gasteiger partial charge < -0.3 is 13.8 Å². The van der Waals surface area contributed by atoms with Gasteiger partial charge in [-0.05, 0) is 17.7 Å². The number of benzene rings is 2.